The van der Waals surface area contributed by atoms with Gasteiger partial charge in [-0.3, -0.25) is 14.4 Å². The van der Waals surface area contributed by atoms with E-state index in [-0.39, 0.29) is 44.4 Å². The molecule has 0 spiro atoms. The Morgan fingerprint density at radius 1 is 0.317 bits per heavy atom. The highest BCUT2D eigenvalue weighted by Crippen LogP contribution is 2.10. The van der Waals surface area contributed by atoms with Gasteiger partial charge in [0.2, 0.25) is 0 Å². The molecule has 0 radical (unpaired) electrons. The van der Waals surface area contributed by atoms with Crippen LogP contribution >= 0.6 is 0 Å². The van der Waals surface area contributed by atoms with Crippen LogP contribution in [0.5, 0.6) is 0 Å². The molecule has 0 bridgehead atoms. The van der Waals surface area contributed by atoms with Crippen molar-refractivity contribution in [3.63, 3.8) is 0 Å². The Balaban J connectivity index is 4.73. The summed E-state index contributed by atoms with van der Waals surface area (Å²) in [5.74, 6) is -1.14. The second-order valence-corrected chi connectivity index (χ2v) is 14.2. The molecule has 0 aromatic carbocycles. The van der Waals surface area contributed by atoms with Gasteiger partial charge in [0.25, 0.3) is 0 Å². The molecular weight excluding hydrogens is 781 g/mol. The first-order valence-electron chi connectivity index (χ1n) is 23.2. The molecule has 0 aliphatic carbocycles. The van der Waals surface area contributed by atoms with Crippen LogP contribution in [0.3, 0.4) is 0 Å². The average molecular weight is 859 g/mol. The van der Waals surface area contributed by atoms with E-state index in [0.717, 1.165) is 64.2 Å². The van der Waals surface area contributed by atoms with Gasteiger partial charge < -0.3 is 14.2 Å². The Labute approximate surface area is 382 Å². The third kappa shape index (κ3) is 47.2. The number of carbonyl (C=O) groups excluding carboxylic acids is 3. The number of rotatable bonds is 37. The van der Waals surface area contributed by atoms with Crippen LogP contribution in [-0.4, -0.2) is 37.2 Å². The highest BCUT2D eigenvalue weighted by Gasteiger charge is 2.19. The summed E-state index contributed by atoms with van der Waals surface area (Å²) in [4.78, 5) is 37.8. The van der Waals surface area contributed by atoms with E-state index in [9.17, 15) is 14.4 Å². The van der Waals surface area contributed by atoms with Gasteiger partial charge in [-0.25, -0.2) is 0 Å². The van der Waals surface area contributed by atoms with Crippen LogP contribution in [0.1, 0.15) is 124 Å². The van der Waals surface area contributed by atoms with Gasteiger partial charge in [0.1, 0.15) is 13.2 Å². The summed E-state index contributed by atoms with van der Waals surface area (Å²) >= 11 is 0. The summed E-state index contributed by atoms with van der Waals surface area (Å²) in [5, 5.41) is 0. The van der Waals surface area contributed by atoms with Gasteiger partial charge in [-0.2, -0.15) is 0 Å². The number of hydrogen-bond acceptors (Lipinski definition) is 6. The third-order valence-electron chi connectivity index (χ3n) is 8.49. The van der Waals surface area contributed by atoms with E-state index in [4.69, 9.17) is 14.2 Å². The van der Waals surface area contributed by atoms with Crippen molar-refractivity contribution in [3.05, 3.63) is 194 Å². The molecule has 0 fully saturated rings. The average Bonchev–Trinajstić information content (AvgIpc) is 3.28. The molecule has 0 aromatic rings. The van der Waals surface area contributed by atoms with Crippen LogP contribution in [0.4, 0.5) is 0 Å². The van der Waals surface area contributed by atoms with Crippen LogP contribution in [0.25, 0.3) is 0 Å². The molecule has 0 amide bonds. The zero-order valence-electron chi connectivity index (χ0n) is 38.7. The molecule has 342 valence electrons. The lowest BCUT2D eigenvalue weighted by Crippen LogP contribution is -2.30. The molecular formula is C57H78O6. The maximum absolute atomic E-state index is 12.7. The van der Waals surface area contributed by atoms with Gasteiger partial charge >= 0.3 is 17.9 Å². The molecule has 0 saturated carbocycles. The fourth-order valence-corrected chi connectivity index (χ4v) is 5.11. The van der Waals surface area contributed by atoms with Crippen LogP contribution in [0, 0.1) is 0 Å². The lowest BCUT2D eigenvalue weighted by Gasteiger charge is -2.18. The number of allylic oxidation sites excluding steroid dienone is 32. The minimum Gasteiger partial charge on any atom is -0.462 e. The zero-order chi connectivity index (χ0) is 45.8. The Hall–Kier alpha value is -5.75. The van der Waals surface area contributed by atoms with Crippen molar-refractivity contribution in [1.29, 1.82) is 0 Å². The Bertz CT molecular complexity index is 1640. The highest BCUT2D eigenvalue weighted by molar-refractivity contribution is 5.71. The first-order valence-corrected chi connectivity index (χ1v) is 23.2. The monoisotopic (exact) mass is 859 g/mol. The van der Waals surface area contributed by atoms with Crippen molar-refractivity contribution in [2.45, 2.75) is 130 Å². The highest BCUT2D eigenvalue weighted by atomic mass is 16.6. The van der Waals surface area contributed by atoms with Gasteiger partial charge in [0, 0.05) is 19.3 Å². The van der Waals surface area contributed by atoms with Crippen molar-refractivity contribution < 1.29 is 28.6 Å². The molecule has 0 aliphatic rings. The van der Waals surface area contributed by atoms with E-state index >= 15 is 0 Å². The predicted octanol–water partition coefficient (Wildman–Crippen LogP) is 15.2. The normalized spacial score (nSPS) is 13.9. The van der Waals surface area contributed by atoms with Crippen molar-refractivity contribution in [2.24, 2.45) is 0 Å². The van der Waals surface area contributed by atoms with Crippen LogP contribution < -0.4 is 0 Å². The SMILES string of the molecule is CC/C=C/C=C/C=C/C=C/C=C/C=C/CCCCCC(=O)OCC(COC(=O)CCC/C=C/C=C/C=C/C=C/C=C/CC)OC(=O)CCCCC/C=C/C=C/C=C/C=C/C=C/CC. The summed E-state index contributed by atoms with van der Waals surface area (Å²) < 4.78 is 16.6. The number of esters is 3. The van der Waals surface area contributed by atoms with Gasteiger partial charge in [-0.15, -0.1) is 0 Å². The fourth-order valence-electron chi connectivity index (χ4n) is 5.11. The predicted molar refractivity (Wildman–Crippen MR) is 269 cm³/mol. The molecule has 0 aliphatic heterocycles. The smallest absolute Gasteiger partial charge is 0.306 e. The summed E-state index contributed by atoms with van der Waals surface area (Å²) in [5.41, 5.74) is 0. The molecule has 6 nitrogen and oxygen atoms in total. The van der Waals surface area contributed by atoms with Crippen molar-refractivity contribution in [1.82, 2.24) is 0 Å². The maximum Gasteiger partial charge on any atom is 0.306 e. The lowest BCUT2D eigenvalue weighted by atomic mass is 10.1. The molecule has 0 heterocycles. The van der Waals surface area contributed by atoms with Crippen LogP contribution in [-0.2, 0) is 28.6 Å². The van der Waals surface area contributed by atoms with Gasteiger partial charge in [-0.05, 0) is 70.6 Å². The van der Waals surface area contributed by atoms with E-state index < -0.39 is 12.1 Å². The minimum atomic E-state index is -0.859. The Morgan fingerprint density at radius 2 is 0.587 bits per heavy atom. The summed E-state index contributed by atoms with van der Waals surface area (Å²) in [7, 11) is 0. The van der Waals surface area contributed by atoms with Crippen molar-refractivity contribution in [3.8, 4) is 0 Å². The summed E-state index contributed by atoms with van der Waals surface area (Å²) in [6.07, 6.45) is 75.6. The second-order valence-electron chi connectivity index (χ2n) is 14.2. The van der Waals surface area contributed by atoms with E-state index in [2.05, 4.69) is 51.2 Å². The quantitative estimate of drug-likeness (QED) is 0.0268. The number of carbonyl (C=O) groups is 3. The number of unbranched alkanes of at least 4 members (excludes halogenated alkanes) is 7. The molecule has 0 N–H and O–H groups in total. The van der Waals surface area contributed by atoms with E-state index in [0.29, 0.717) is 19.3 Å². The van der Waals surface area contributed by atoms with Gasteiger partial charge in [0.15, 0.2) is 6.10 Å². The van der Waals surface area contributed by atoms with E-state index in [1.165, 1.54) is 0 Å². The first kappa shape index (κ1) is 57.2. The maximum atomic E-state index is 12.7. The fraction of sp³-hybridized carbons (Fsp3) is 0.386. The first-order chi connectivity index (χ1) is 31.0. The van der Waals surface area contributed by atoms with Crippen LogP contribution in [0.2, 0.25) is 0 Å². The summed E-state index contributed by atoms with van der Waals surface area (Å²) in [6.45, 7) is 6.00. The second kappa shape index (κ2) is 48.9. The Morgan fingerprint density at radius 3 is 0.921 bits per heavy atom. The number of ether oxygens (including phenoxy) is 3. The van der Waals surface area contributed by atoms with Gasteiger partial charge in [-0.1, -0.05) is 228 Å². The molecule has 1 unspecified atom stereocenters. The topological polar surface area (TPSA) is 78.9 Å². The molecule has 0 rings (SSSR count). The molecule has 1 atom stereocenters. The minimum absolute atomic E-state index is 0.154. The molecule has 6 heteroatoms. The van der Waals surface area contributed by atoms with Crippen molar-refractivity contribution >= 4 is 17.9 Å². The van der Waals surface area contributed by atoms with E-state index in [1.807, 2.05) is 164 Å². The van der Waals surface area contributed by atoms with E-state index in [1.54, 1.807) is 0 Å². The molecule has 0 saturated heterocycles. The third-order valence-corrected chi connectivity index (χ3v) is 8.49. The van der Waals surface area contributed by atoms with Crippen LogP contribution in [0.15, 0.2) is 194 Å². The molecule has 63 heavy (non-hydrogen) atoms. The summed E-state index contributed by atoms with van der Waals surface area (Å²) in [6, 6.07) is 0. The molecule has 0 aromatic heterocycles. The lowest BCUT2D eigenvalue weighted by molar-refractivity contribution is -0.167. The largest absolute Gasteiger partial charge is 0.462 e. The zero-order valence-corrected chi connectivity index (χ0v) is 38.7. The standard InChI is InChI=1S/C57H78O6/c1-4-7-10-13-16-19-22-25-27-28-30-32-35-38-41-44-47-50-56(59)62-53-54(52-61-55(58)49-46-43-40-37-34-31-24-21-18-15-12-9-6-3)63-57(60)51-48-45-42-39-36-33-29-26-23-20-17-14-11-8-5-2/h7-37,40,54H,4-6,38-39,41-53H2,1-3H3/b10-7+,11-8+,12-9+,16-13+,17-14+,18-15+,22-19+,23-20+,24-21+,27-25+,29-26+,30-28+,34-31+,35-32+,36-33+,40-37+. The Kier molecular flexibility index (Phi) is 44.4. The van der Waals surface area contributed by atoms with Crippen molar-refractivity contribution in [2.75, 3.05) is 13.2 Å². The van der Waals surface area contributed by atoms with Gasteiger partial charge in [0.05, 0.1) is 0 Å². The number of hydrogen-bond donors (Lipinski definition) is 0.